The lowest BCUT2D eigenvalue weighted by molar-refractivity contribution is -0.118. The van der Waals surface area contributed by atoms with Gasteiger partial charge in [0.15, 0.2) is 17.5 Å². The topological polar surface area (TPSA) is 90.3 Å². The number of anilines is 1. The van der Waals surface area contributed by atoms with Crippen LogP contribution in [0.4, 0.5) is 5.69 Å². The normalized spacial score (nSPS) is 13.6. The molecule has 7 nitrogen and oxygen atoms in total. The Morgan fingerprint density at radius 1 is 1.09 bits per heavy atom. The Balaban J connectivity index is 1.55. The number of hydrogen-bond acceptors (Lipinski definition) is 6. The highest BCUT2D eigenvalue weighted by Gasteiger charge is 2.24. The average molecular weight is 486 g/mol. The highest BCUT2D eigenvalue weighted by atomic mass is 32.2. The van der Waals surface area contributed by atoms with Gasteiger partial charge in [-0.05, 0) is 62.7 Å². The summed E-state index contributed by atoms with van der Waals surface area (Å²) in [5.74, 6) is 0.121. The molecule has 3 aromatic carbocycles. The lowest BCUT2D eigenvalue weighted by Crippen LogP contribution is -2.26. The number of nitrogens with one attached hydrogen (secondary N) is 1. The van der Waals surface area contributed by atoms with Gasteiger partial charge in [0.25, 0.3) is 11.5 Å². The number of hydrogen-bond donors (Lipinski definition) is 1. The van der Waals surface area contributed by atoms with E-state index in [4.69, 9.17) is 9.72 Å². The van der Waals surface area contributed by atoms with E-state index in [9.17, 15) is 14.4 Å². The minimum absolute atomic E-state index is 0.0455. The summed E-state index contributed by atoms with van der Waals surface area (Å²) in [6.45, 7) is 5.70. The second-order valence-electron chi connectivity index (χ2n) is 8.51. The summed E-state index contributed by atoms with van der Waals surface area (Å²) in [6.07, 6.45) is 0. The molecule has 1 unspecified atom stereocenters. The van der Waals surface area contributed by atoms with E-state index in [-0.39, 0.29) is 23.9 Å². The van der Waals surface area contributed by atoms with Crippen LogP contribution in [0.2, 0.25) is 0 Å². The molecule has 4 aromatic rings. The molecular formula is C27H23N3O4S. The van der Waals surface area contributed by atoms with Crippen molar-refractivity contribution in [2.75, 3.05) is 11.9 Å². The van der Waals surface area contributed by atoms with Gasteiger partial charge in [-0.15, -0.1) is 0 Å². The van der Waals surface area contributed by atoms with Crippen molar-refractivity contribution < 1.29 is 14.3 Å². The second-order valence-corrected chi connectivity index (χ2v) is 9.82. The summed E-state index contributed by atoms with van der Waals surface area (Å²) in [7, 11) is 0. The van der Waals surface area contributed by atoms with Gasteiger partial charge in [-0.25, -0.2) is 4.98 Å². The SMILES string of the molecule is Cc1ccc(-n2c(SC(C)C(=O)c3ccc4c(c3)NC(=O)CO4)nc3ccccc3c2=O)c(C)c1. The molecular weight excluding hydrogens is 462 g/mol. The summed E-state index contributed by atoms with van der Waals surface area (Å²) in [6, 6.07) is 18.1. The molecule has 0 aliphatic carbocycles. The summed E-state index contributed by atoms with van der Waals surface area (Å²) < 4.78 is 6.98. The number of nitrogens with zero attached hydrogens (tertiary/aromatic N) is 2. The Morgan fingerprint density at radius 3 is 2.69 bits per heavy atom. The molecule has 0 spiro atoms. The third-order valence-electron chi connectivity index (χ3n) is 5.89. The maximum atomic E-state index is 13.6. The summed E-state index contributed by atoms with van der Waals surface area (Å²) in [4.78, 5) is 43.3. The first-order valence-electron chi connectivity index (χ1n) is 11.2. The van der Waals surface area contributed by atoms with Crippen LogP contribution < -0.4 is 15.6 Å². The minimum Gasteiger partial charge on any atom is -0.482 e. The van der Waals surface area contributed by atoms with Crippen LogP contribution in [0.5, 0.6) is 5.75 Å². The number of rotatable bonds is 5. The van der Waals surface area contributed by atoms with E-state index in [0.29, 0.717) is 33.1 Å². The number of fused-ring (bicyclic) bond motifs is 2. The molecule has 2 heterocycles. The molecule has 176 valence electrons. The lowest BCUT2D eigenvalue weighted by atomic mass is 10.1. The number of thioether (sulfide) groups is 1. The Hall–Kier alpha value is -3.91. The van der Waals surface area contributed by atoms with Gasteiger partial charge in [0, 0.05) is 5.56 Å². The Morgan fingerprint density at radius 2 is 1.89 bits per heavy atom. The van der Waals surface area contributed by atoms with Crippen LogP contribution >= 0.6 is 11.8 Å². The van der Waals surface area contributed by atoms with Crippen LogP contribution in [0.1, 0.15) is 28.4 Å². The first-order valence-corrected chi connectivity index (χ1v) is 12.1. The Labute approximate surface area is 206 Å². The van der Waals surface area contributed by atoms with E-state index < -0.39 is 5.25 Å². The highest BCUT2D eigenvalue weighted by molar-refractivity contribution is 8.00. The number of aryl methyl sites for hydroxylation is 2. The van der Waals surface area contributed by atoms with Gasteiger partial charge < -0.3 is 10.1 Å². The van der Waals surface area contributed by atoms with E-state index in [1.807, 2.05) is 44.2 Å². The van der Waals surface area contributed by atoms with Gasteiger partial charge in [-0.3, -0.25) is 19.0 Å². The third-order valence-corrected chi connectivity index (χ3v) is 6.94. The van der Waals surface area contributed by atoms with Gasteiger partial charge in [0.05, 0.1) is 27.5 Å². The van der Waals surface area contributed by atoms with E-state index >= 15 is 0 Å². The average Bonchev–Trinajstić information content (AvgIpc) is 2.84. The first-order chi connectivity index (χ1) is 16.8. The van der Waals surface area contributed by atoms with Crippen LogP contribution in [0.15, 0.2) is 70.6 Å². The van der Waals surface area contributed by atoms with E-state index in [0.717, 1.165) is 16.8 Å². The zero-order chi connectivity index (χ0) is 24.7. The molecule has 1 amide bonds. The summed E-state index contributed by atoms with van der Waals surface area (Å²) >= 11 is 1.23. The van der Waals surface area contributed by atoms with Gasteiger partial charge in [0.1, 0.15) is 5.75 Å². The predicted octanol–water partition coefficient (Wildman–Crippen LogP) is 4.70. The number of Topliss-reactive ketones (excluding diaryl/α,β-unsaturated/α-hetero) is 1. The zero-order valence-corrected chi connectivity index (χ0v) is 20.3. The van der Waals surface area contributed by atoms with Crippen molar-refractivity contribution in [2.24, 2.45) is 0 Å². The van der Waals surface area contributed by atoms with Crippen molar-refractivity contribution in [2.45, 2.75) is 31.2 Å². The van der Waals surface area contributed by atoms with Crippen molar-refractivity contribution in [1.29, 1.82) is 0 Å². The zero-order valence-electron chi connectivity index (χ0n) is 19.5. The fourth-order valence-electron chi connectivity index (χ4n) is 4.14. The quantitative estimate of drug-likeness (QED) is 0.250. The van der Waals surface area contributed by atoms with Gasteiger partial charge in [-0.2, -0.15) is 0 Å². The third kappa shape index (κ3) is 4.33. The molecule has 1 N–H and O–H groups in total. The Bertz CT molecular complexity index is 1560. The number of ether oxygens (including phenoxy) is 1. The molecule has 0 fully saturated rings. The molecule has 1 atom stereocenters. The van der Waals surface area contributed by atoms with Crippen molar-refractivity contribution in [1.82, 2.24) is 9.55 Å². The van der Waals surface area contributed by atoms with E-state index in [1.165, 1.54) is 11.8 Å². The monoisotopic (exact) mass is 485 g/mol. The van der Waals surface area contributed by atoms with Crippen LogP contribution in [0, 0.1) is 13.8 Å². The molecule has 1 aliphatic heterocycles. The van der Waals surface area contributed by atoms with E-state index in [1.54, 1.807) is 41.8 Å². The lowest BCUT2D eigenvalue weighted by Gasteiger charge is -2.20. The molecule has 0 radical (unpaired) electrons. The number of ketones is 1. The molecule has 1 aromatic heterocycles. The largest absolute Gasteiger partial charge is 0.482 e. The standard InChI is InChI=1S/C27H23N3O4S/c1-15-8-10-22(16(2)12-15)30-26(33)19-6-4-5-7-20(19)29-27(30)35-17(3)25(32)18-9-11-23-21(13-18)28-24(31)14-34-23/h4-13,17H,14H2,1-3H3,(H,28,31). The van der Waals surface area contributed by atoms with Crippen LogP contribution in [-0.2, 0) is 4.79 Å². The van der Waals surface area contributed by atoms with Crippen molar-refractivity contribution in [3.05, 3.63) is 87.7 Å². The molecule has 0 saturated carbocycles. The first kappa shape index (κ1) is 22.9. The highest BCUT2D eigenvalue weighted by Crippen LogP contribution is 2.32. The number of carbonyl (C=O) groups is 2. The fourth-order valence-corrected chi connectivity index (χ4v) is 5.14. The number of benzene rings is 3. The van der Waals surface area contributed by atoms with Crippen molar-refractivity contribution in [3.8, 4) is 11.4 Å². The number of para-hydroxylation sites is 1. The minimum atomic E-state index is -0.543. The van der Waals surface area contributed by atoms with Crippen LogP contribution in [-0.4, -0.2) is 33.1 Å². The molecule has 5 rings (SSSR count). The van der Waals surface area contributed by atoms with Crippen LogP contribution in [0.3, 0.4) is 0 Å². The molecule has 0 saturated heterocycles. The number of amides is 1. The van der Waals surface area contributed by atoms with Crippen LogP contribution in [0.25, 0.3) is 16.6 Å². The fraction of sp³-hybridized carbons (Fsp3) is 0.185. The van der Waals surface area contributed by atoms with Crippen molar-refractivity contribution in [3.63, 3.8) is 0 Å². The van der Waals surface area contributed by atoms with Gasteiger partial charge >= 0.3 is 0 Å². The van der Waals surface area contributed by atoms with Gasteiger partial charge in [0.2, 0.25) is 0 Å². The molecule has 1 aliphatic rings. The number of aromatic nitrogens is 2. The summed E-state index contributed by atoms with van der Waals surface area (Å²) in [5, 5.41) is 3.14. The summed E-state index contributed by atoms with van der Waals surface area (Å²) in [5.41, 5.74) is 4.07. The molecule has 0 bridgehead atoms. The van der Waals surface area contributed by atoms with E-state index in [2.05, 4.69) is 5.32 Å². The number of carbonyl (C=O) groups excluding carboxylic acids is 2. The molecule has 8 heteroatoms. The molecule has 35 heavy (non-hydrogen) atoms. The maximum Gasteiger partial charge on any atom is 0.266 e. The van der Waals surface area contributed by atoms with Crippen molar-refractivity contribution >= 4 is 40.0 Å². The smallest absolute Gasteiger partial charge is 0.266 e. The second kappa shape index (κ2) is 9.03. The van der Waals surface area contributed by atoms with Gasteiger partial charge in [-0.1, -0.05) is 41.6 Å². The maximum absolute atomic E-state index is 13.6. The Kier molecular flexibility index (Phi) is 5.90. The predicted molar refractivity (Wildman–Crippen MR) is 137 cm³/mol.